The summed E-state index contributed by atoms with van der Waals surface area (Å²) in [6, 6.07) is 4.79. The van der Waals surface area contributed by atoms with Crippen molar-refractivity contribution >= 4 is 5.96 Å². The first-order chi connectivity index (χ1) is 13.9. The van der Waals surface area contributed by atoms with Crippen molar-refractivity contribution in [2.45, 2.75) is 32.4 Å². The van der Waals surface area contributed by atoms with Crippen LogP contribution in [0.15, 0.2) is 29.4 Å². The summed E-state index contributed by atoms with van der Waals surface area (Å²) in [6.07, 6.45) is -7.83. The zero-order valence-corrected chi connectivity index (χ0v) is 16.4. The topological polar surface area (TPSA) is 63.5 Å². The zero-order chi connectivity index (χ0) is 22.5. The van der Waals surface area contributed by atoms with Crippen LogP contribution in [-0.2, 0) is 26.3 Å². The maximum Gasteiger partial charge on any atom is 0.435 e. The van der Waals surface area contributed by atoms with Crippen LogP contribution in [0.25, 0.3) is 0 Å². The molecule has 166 valence electrons. The lowest BCUT2D eigenvalue weighted by Crippen LogP contribution is -2.36. The molecule has 0 spiro atoms. The van der Waals surface area contributed by atoms with Gasteiger partial charge >= 0.3 is 12.4 Å². The van der Waals surface area contributed by atoms with E-state index in [0.717, 1.165) is 10.2 Å². The Morgan fingerprint density at radius 3 is 2.30 bits per heavy atom. The van der Waals surface area contributed by atoms with Crippen molar-refractivity contribution in [3.63, 3.8) is 0 Å². The number of rotatable bonds is 6. The van der Waals surface area contributed by atoms with Gasteiger partial charge in [0.1, 0.15) is 5.75 Å². The van der Waals surface area contributed by atoms with Gasteiger partial charge in [0.25, 0.3) is 0 Å². The van der Waals surface area contributed by atoms with Crippen molar-refractivity contribution in [1.82, 2.24) is 20.4 Å². The van der Waals surface area contributed by atoms with Gasteiger partial charge in [0.2, 0.25) is 0 Å². The van der Waals surface area contributed by atoms with Gasteiger partial charge in [0, 0.05) is 44.5 Å². The molecular weight excluding hydrogens is 416 g/mol. The predicted octanol–water partition coefficient (Wildman–Crippen LogP) is 3.55. The molecule has 0 unspecified atom stereocenters. The fourth-order valence-electron chi connectivity index (χ4n) is 2.59. The van der Waals surface area contributed by atoms with Crippen molar-refractivity contribution in [2.75, 3.05) is 13.7 Å². The second-order valence-electron chi connectivity index (χ2n) is 6.47. The summed E-state index contributed by atoms with van der Waals surface area (Å²) in [5, 5.41) is 9.00. The molecule has 1 aromatic heterocycles. The first-order valence-electron chi connectivity index (χ1n) is 8.72. The molecule has 30 heavy (non-hydrogen) atoms. The molecular formula is C18H21F6N5O. The SMILES string of the molecule is CN=C(NCc1ccc(C)cc1OCC(F)(F)F)NCc1cn(C)nc1C(F)(F)F. The van der Waals surface area contributed by atoms with Crippen LogP contribution in [0, 0.1) is 6.92 Å². The number of guanidine groups is 1. The predicted molar refractivity (Wildman–Crippen MR) is 98.0 cm³/mol. The number of aromatic nitrogens is 2. The monoisotopic (exact) mass is 437 g/mol. The van der Waals surface area contributed by atoms with Gasteiger partial charge in [-0.15, -0.1) is 0 Å². The Bertz CT molecular complexity index is 888. The number of aliphatic imine (C=N–C) groups is 1. The molecule has 12 heteroatoms. The van der Waals surface area contributed by atoms with E-state index in [2.05, 4.69) is 20.7 Å². The molecule has 0 fully saturated rings. The summed E-state index contributed by atoms with van der Waals surface area (Å²) in [5.41, 5.74) is 0.0756. The van der Waals surface area contributed by atoms with E-state index in [9.17, 15) is 26.3 Å². The second kappa shape index (κ2) is 9.26. The Kier molecular flexibility index (Phi) is 7.21. The average Bonchev–Trinajstić information content (AvgIpc) is 3.02. The summed E-state index contributed by atoms with van der Waals surface area (Å²) in [5.74, 6) is 0.219. The molecule has 0 aliphatic rings. The molecule has 0 aliphatic carbocycles. The smallest absolute Gasteiger partial charge is 0.435 e. The van der Waals surface area contributed by atoms with E-state index < -0.39 is 24.7 Å². The van der Waals surface area contributed by atoms with Crippen LogP contribution in [0.5, 0.6) is 5.75 Å². The summed E-state index contributed by atoms with van der Waals surface area (Å²) >= 11 is 0. The minimum atomic E-state index is -4.60. The van der Waals surface area contributed by atoms with Crippen molar-refractivity contribution in [3.05, 3.63) is 46.8 Å². The summed E-state index contributed by atoms with van der Waals surface area (Å²) in [7, 11) is 2.80. The molecule has 1 heterocycles. The summed E-state index contributed by atoms with van der Waals surface area (Å²) < 4.78 is 82.4. The fraction of sp³-hybridized carbons (Fsp3) is 0.444. The highest BCUT2D eigenvalue weighted by atomic mass is 19.4. The van der Waals surface area contributed by atoms with Gasteiger partial charge in [-0.2, -0.15) is 31.4 Å². The number of hydrogen-bond donors (Lipinski definition) is 2. The van der Waals surface area contributed by atoms with Gasteiger partial charge in [-0.05, 0) is 18.6 Å². The van der Waals surface area contributed by atoms with Crippen LogP contribution in [0.4, 0.5) is 26.3 Å². The van der Waals surface area contributed by atoms with Crippen molar-refractivity contribution in [3.8, 4) is 5.75 Å². The second-order valence-corrected chi connectivity index (χ2v) is 6.47. The number of alkyl halides is 6. The lowest BCUT2D eigenvalue weighted by molar-refractivity contribution is -0.153. The van der Waals surface area contributed by atoms with Crippen LogP contribution in [0.3, 0.4) is 0 Å². The Balaban J connectivity index is 2.03. The summed E-state index contributed by atoms with van der Waals surface area (Å²) in [6.45, 7) is 0.127. The molecule has 0 saturated heterocycles. The van der Waals surface area contributed by atoms with E-state index in [1.54, 1.807) is 19.1 Å². The molecule has 2 aromatic rings. The average molecular weight is 437 g/mol. The number of ether oxygens (including phenoxy) is 1. The molecule has 0 bridgehead atoms. The van der Waals surface area contributed by atoms with Crippen LogP contribution in [0.1, 0.15) is 22.4 Å². The van der Waals surface area contributed by atoms with Gasteiger partial charge in [0.15, 0.2) is 18.3 Å². The van der Waals surface area contributed by atoms with Crippen LogP contribution >= 0.6 is 0 Å². The molecule has 0 radical (unpaired) electrons. The fourth-order valence-corrected chi connectivity index (χ4v) is 2.59. The van der Waals surface area contributed by atoms with Crippen LogP contribution in [-0.4, -0.2) is 35.6 Å². The highest BCUT2D eigenvalue weighted by Gasteiger charge is 2.36. The van der Waals surface area contributed by atoms with E-state index in [0.29, 0.717) is 5.56 Å². The number of hydrogen-bond acceptors (Lipinski definition) is 3. The zero-order valence-electron chi connectivity index (χ0n) is 16.4. The van der Waals surface area contributed by atoms with E-state index in [4.69, 9.17) is 4.74 Å². The molecule has 6 nitrogen and oxygen atoms in total. The van der Waals surface area contributed by atoms with Crippen LogP contribution < -0.4 is 15.4 Å². The minimum Gasteiger partial charge on any atom is -0.484 e. The molecule has 2 rings (SSSR count). The number of benzene rings is 1. The van der Waals surface area contributed by atoms with Gasteiger partial charge in [-0.25, -0.2) is 0 Å². The molecule has 0 aliphatic heterocycles. The number of nitrogens with zero attached hydrogens (tertiary/aromatic N) is 3. The van der Waals surface area contributed by atoms with Gasteiger partial charge in [-0.1, -0.05) is 12.1 Å². The Morgan fingerprint density at radius 2 is 1.73 bits per heavy atom. The number of halogens is 6. The lowest BCUT2D eigenvalue weighted by atomic mass is 10.1. The van der Waals surface area contributed by atoms with E-state index in [-0.39, 0.29) is 30.4 Å². The largest absolute Gasteiger partial charge is 0.484 e. The molecule has 1 aromatic carbocycles. The van der Waals surface area contributed by atoms with Gasteiger partial charge in [-0.3, -0.25) is 9.67 Å². The van der Waals surface area contributed by atoms with Gasteiger partial charge < -0.3 is 15.4 Å². The first kappa shape index (κ1) is 23.4. The summed E-state index contributed by atoms with van der Waals surface area (Å²) in [4.78, 5) is 3.91. The Labute approximate surface area is 168 Å². The van der Waals surface area contributed by atoms with Crippen LogP contribution in [0.2, 0.25) is 0 Å². The normalized spacial score (nSPS) is 12.8. The number of nitrogens with one attached hydrogen (secondary N) is 2. The third-order valence-corrected chi connectivity index (χ3v) is 3.90. The van der Waals surface area contributed by atoms with E-state index in [1.165, 1.54) is 26.4 Å². The number of aryl methyl sites for hydroxylation is 2. The Hall–Kier alpha value is -2.92. The maximum absolute atomic E-state index is 13.0. The molecule has 0 saturated carbocycles. The van der Waals surface area contributed by atoms with E-state index in [1.807, 2.05) is 0 Å². The lowest BCUT2D eigenvalue weighted by Gasteiger charge is -2.16. The van der Waals surface area contributed by atoms with E-state index >= 15 is 0 Å². The van der Waals surface area contributed by atoms with Gasteiger partial charge in [0.05, 0.1) is 0 Å². The highest BCUT2D eigenvalue weighted by Crippen LogP contribution is 2.30. The van der Waals surface area contributed by atoms with Crippen molar-refractivity contribution < 1.29 is 31.1 Å². The van der Waals surface area contributed by atoms with Crippen molar-refractivity contribution in [1.29, 1.82) is 0 Å². The minimum absolute atomic E-state index is 0.0479. The standard InChI is InChI=1S/C18H21F6N5O/c1-11-4-5-12(14(6-11)30-10-17(19,20)21)7-26-16(25-2)27-8-13-9-29(3)28-15(13)18(22,23)24/h4-6,9H,7-8,10H2,1-3H3,(H2,25,26,27). The third-order valence-electron chi connectivity index (χ3n) is 3.90. The van der Waals surface area contributed by atoms with Crippen molar-refractivity contribution in [2.24, 2.45) is 12.0 Å². The quantitative estimate of drug-likeness (QED) is 0.412. The highest BCUT2D eigenvalue weighted by molar-refractivity contribution is 5.79. The maximum atomic E-state index is 13.0. The first-order valence-corrected chi connectivity index (χ1v) is 8.72. The third kappa shape index (κ3) is 6.85. The molecule has 0 amide bonds. The molecule has 0 atom stereocenters. The Morgan fingerprint density at radius 1 is 1.10 bits per heavy atom. The molecule has 2 N–H and O–H groups in total.